The largest absolute Gasteiger partial charge is 0.418 e. The molecule has 0 aliphatic carbocycles. The van der Waals surface area contributed by atoms with Crippen LogP contribution in [0.25, 0.3) is 5.70 Å². The highest BCUT2D eigenvalue weighted by Gasteiger charge is 2.46. The molecule has 1 aromatic rings. The van der Waals surface area contributed by atoms with Crippen LogP contribution in [0.1, 0.15) is 5.56 Å². The van der Waals surface area contributed by atoms with Crippen molar-refractivity contribution < 1.29 is 13.2 Å². The summed E-state index contributed by atoms with van der Waals surface area (Å²) in [4.78, 5) is 5.75. The number of hydrogen-bond donors (Lipinski definition) is 0. The van der Waals surface area contributed by atoms with E-state index in [1.165, 1.54) is 0 Å². The average Bonchev–Trinajstić information content (AvgIpc) is 2.94. The molecular weight excluding hydrogens is 359 g/mol. The molecule has 1 aromatic carbocycles. The number of aliphatic imine (C=N–C) groups is 1. The van der Waals surface area contributed by atoms with E-state index < -0.39 is 17.3 Å². The van der Waals surface area contributed by atoms with Crippen molar-refractivity contribution in [1.29, 1.82) is 5.26 Å². The fraction of sp³-hybridized carbons (Fsp3) is 0.200. The first-order chi connectivity index (χ1) is 10.4. The van der Waals surface area contributed by atoms with Crippen LogP contribution in [0.4, 0.5) is 13.2 Å². The summed E-state index contributed by atoms with van der Waals surface area (Å²) in [5.41, 5.74) is -0.367. The van der Waals surface area contributed by atoms with Gasteiger partial charge in [-0.25, -0.2) is 0 Å². The number of amidine groups is 1. The van der Waals surface area contributed by atoms with Gasteiger partial charge in [-0.3, -0.25) is 4.99 Å². The standard InChI is InChI=1S/C15H9BrF3N3/c16-12-11(15(17,18)19)10(8-20)14-21-6-7-22(14)13(12)9-4-2-1-3-5-9/h1-5H,6-7H2. The van der Waals surface area contributed by atoms with Gasteiger partial charge in [0.2, 0.25) is 0 Å². The summed E-state index contributed by atoms with van der Waals surface area (Å²) in [7, 11) is 0. The molecule has 2 aliphatic rings. The molecule has 0 N–H and O–H groups in total. The normalized spacial score (nSPS) is 18.3. The second-order valence-corrected chi connectivity index (χ2v) is 5.54. The number of nitrogens with zero attached hydrogens (tertiary/aromatic N) is 3. The van der Waals surface area contributed by atoms with Gasteiger partial charge in [0.25, 0.3) is 0 Å². The van der Waals surface area contributed by atoms with Crippen LogP contribution in [-0.2, 0) is 0 Å². The molecule has 0 amide bonds. The number of fused-ring (bicyclic) bond motifs is 1. The number of alkyl halides is 3. The lowest BCUT2D eigenvalue weighted by Gasteiger charge is -2.31. The Labute approximate surface area is 133 Å². The van der Waals surface area contributed by atoms with Crippen LogP contribution in [-0.4, -0.2) is 30.0 Å². The van der Waals surface area contributed by atoms with Crippen molar-refractivity contribution in [3.05, 3.63) is 51.5 Å². The Morgan fingerprint density at radius 1 is 1.23 bits per heavy atom. The summed E-state index contributed by atoms with van der Waals surface area (Å²) in [6.45, 7) is 0.813. The quantitative estimate of drug-likeness (QED) is 0.755. The van der Waals surface area contributed by atoms with Gasteiger partial charge in [0.1, 0.15) is 17.5 Å². The molecule has 2 aliphatic heterocycles. The van der Waals surface area contributed by atoms with Crippen molar-refractivity contribution in [2.45, 2.75) is 6.18 Å². The molecule has 0 saturated heterocycles. The fourth-order valence-corrected chi connectivity index (χ4v) is 3.45. The third-order valence-electron chi connectivity index (χ3n) is 3.45. The predicted molar refractivity (Wildman–Crippen MR) is 80.0 cm³/mol. The Kier molecular flexibility index (Phi) is 3.57. The summed E-state index contributed by atoms with van der Waals surface area (Å²) >= 11 is 3.07. The first-order valence-corrected chi connectivity index (χ1v) is 7.24. The van der Waals surface area contributed by atoms with E-state index in [2.05, 4.69) is 20.9 Å². The second kappa shape index (κ2) is 5.29. The minimum absolute atomic E-state index is 0.0943. The van der Waals surface area contributed by atoms with Crippen molar-refractivity contribution in [1.82, 2.24) is 4.90 Å². The van der Waals surface area contributed by atoms with E-state index in [9.17, 15) is 18.4 Å². The minimum atomic E-state index is -4.64. The van der Waals surface area contributed by atoms with Gasteiger partial charge in [-0.05, 0) is 21.5 Å². The Morgan fingerprint density at radius 2 is 1.91 bits per heavy atom. The summed E-state index contributed by atoms with van der Waals surface area (Å²) in [5.74, 6) is 0.0943. The number of hydrogen-bond acceptors (Lipinski definition) is 3. The van der Waals surface area contributed by atoms with Crippen molar-refractivity contribution in [3.63, 3.8) is 0 Å². The number of benzene rings is 1. The van der Waals surface area contributed by atoms with Crippen LogP contribution >= 0.6 is 15.9 Å². The Morgan fingerprint density at radius 3 is 2.50 bits per heavy atom. The van der Waals surface area contributed by atoms with Crippen molar-refractivity contribution in [3.8, 4) is 6.07 Å². The lowest BCUT2D eigenvalue weighted by Crippen LogP contribution is -2.34. The van der Waals surface area contributed by atoms with Crippen molar-refractivity contribution in [2.75, 3.05) is 13.1 Å². The first kappa shape index (κ1) is 14.9. The zero-order valence-electron chi connectivity index (χ0n) is 11.2. The monoisotopic (exact) mass is 367 g/mol. The first-order valence-electron chi connectivity index (χ1n) is 6.44. The summed E-state index contributed by atoms with van der Waals surface area (Å²) in [6, 6.07) is 10.4. The maximum atomic E-state index is 13.4. The number of halogens is 4. The highest BCUT2D eigenvalue weighted by molar-refractivity contribution is 9.12. The molecule has 7 heteroatoms. The van der Waals surface area contributed by atoms with E-state index in [4.69, 9.17) is 0 Å². The molecule has 0 radical (unpaired) electrons. The molecule has 0 bridgehead atoms. The van der Waals surface area contributed by atoms with Crippen LogP contribution in [0.3, 0.4) is 0 Å². The topological polar surface area (TPSA) is 39.4 Å². The molecular formula is C15H9BrF3N3. The van der Waals surface area contributed by atoms with Crippen LogP contribution in [0.15, 0.2) is 51.0 Å². The Balaban J connectivity index is 2.31. The van der Waals surface area contributed by atoms with Crippen molar-refractivity contribution >= 4 is 27.5 Å². The lowest BCUT2D eigenvalue weighted by atomic mass is 9.97. The van der Waals surface area contributed by atoms with Crippen LogP contribution in [0.2, 0.25) is 0 Å². The average molecular weight is 368 g/mol. The third kappa shape index (κ3) is 2.24. The molecule has 3 rings (SSSR count). The summed E-state index contributed by atoms with van der Waals surface area (Å²) in [6.07, 6.45) is -4.64. The lowest BCUT2D eigenvalue weighted by molar-refractivity contribution is -0.0889. The highest BCUT2D eigenvalue weighted by atomic mass is 79.9. The molecule has 0 saturated carbocycles. The van der Waals surface area contributed by atoms with E-state index in [0.29, 0.717) is 24.4 Å². The molecule has 0 spiro atoms. The zero-order valence-corrected chi connectivity index (χ0v) is 12.7. The molecule has 2 heterocycles. The van der Waals surface area contributed by atoms with Gasteiger partial charge >= 0.3 is 6.18 Å². The van der Waals surface area contributed by atoms with Crippen LogP contribution in [0.5, 0.6) is 0 Å². The van der Waals surface area contributed by atoms with Crippen molar-refractivity contribution in [2.24, 2.45) is 4.99 Å². The molecule has 0 fully saturated rings. The fourth-order valence-electron chi connectivity index (χ4n) is 2.59. The van der Waals surface area contributed by atoms with Gasteiger partial charge in [-0.1, -0.05) is 30.3 Å². The van der Waals surface area contributed by atoms with E-state index in [1.807, 2.05) is 0 Å². The maximum absolute atomic E-state index is 13.4. The third-order valence-corrected chi connectivity index (χ3v) is 4.23. The van der Waals surface area contributed by atoms with Crippen LogP contribution < -0.4 is 0 Å². The smallest absolute Gasteiger partial charge is 0.322 e. The highest BCUT2D eigenvalue weighted by Crippen LogP contribution is 2.45. The van der Waals surface area contributed by atoms with Crippen LogP contribution in [0, 0.1) is 11.3 Å². The van der Waals surface area contributed by atoms with E-state index in [0.717, 1.165) is 0 Å². The molecule has 0 unspecified atom stereocenters. The molecule has 3 nitrogen and oxygen atoms in total. The molecule has 112 valence electrons. The molecule has 0 atom stereocenters. The van der Waals surface area contributed by atoms with Gasteiger partial charge < -0.3 is 4.90 Å². The molecule has 0 aromatic heterocycles. The van der Waals surface area contributed by atoms with E-state index in [-0.39, 0.29) is 10.3 Å². The summed E-state index contributed by atoms with van der Waals surface area (Å²) in [5, 5.41) is 9.19. The van der Waals surface area contributed by atoms with Gasteiger partial charge in [0, 0.05) is 6.54 Å². The minimum Gasteiger partial charge on any atom is -0.322 e. The second-order valence-electron chi connectivity index (χ2n) is 4.75. The zero-order chi connectivity index (χ0) is 15.9. The maximum Gasteiger partial charge on any atom is 0.418 e. The number of nitriles is 1. The van der Waals surface area contributed by atoms with Gasteiger partial charge in [-0.2, -0.15) is 18.4 Å². The Bertz CT molecular complexity index is 754. The van der Waals surface area contributed by atoms with Gasteiger partial charge in [0.15, 0.2) is 0 Å². The number of allylic oxidation sites excluding steroid dienone is 2. The Hall–Kier alpha value is -2.07. The van der Waals surface area contributed by atoms with E-state index in [1.54, 1.807) is 41.3 Å². The van der Waals surface area contributed by atoms with E-state index >= 15 is 0 Å². The summed E-state index contributed by atoms with van der Waals surface area (Å²) < 4.78 is 40.2. The molecule has 22 heavy (non-hydrogen) atoms. The number of rotatable bonds is 1. The van der Waals surface area contributed by atoms with Gasteiger partial charge in [0.05, 0.1) is 22.3 Å². The van der Waals surface area contributed by atoms with Gasteiger partial charge in [-0.15, -0.1) is 0 Å². The predicted octanol–water partition coefficient (Wildman–Crippen LogP) is 3.86. The SMILES string of the molecule is N#CC1=C(C(F)(F)F)C(Br)=C(c2ccccc2)N2CCN=C12.